The van der Waals surface area contributed by atoms with E-state index in [1.807, 2.05) is 0 Å². The lowest BCUT2D eigenvalue weighted by Gasteiger charge is -2.48. The van der Waals surface area contributed by atoms with E-state index in [2.05, 4.69) is 0 Å². The smallest absolute Gasteiger partial charge is 0.160 e. The summed E-state index contributed by atoms with van der Waals surface area (Å²) in [6, 6.07) is 0. The van der Waals surface area contributed by atoms with E-state index < -0.39 is 24.3 Å². The van der Waals surface area contributed by atoms with Crippen molar-refractivity contribution in [3.05, 3.63) is 0 Å². The molecule has 0 aliphatic heterocycles. The molecular weight excluding hydrogens is 385 g/mol. The van der Waals surface area contributed by atoms with Crippen LogP contribution in [-0.4, -0.2) is 30.1 Å². The minimum atomic E-state index is -1.41. The van der Waals surface area contributed by atoms with Gasteiger partial charge in [0.25, 0.3) is 0 Å². The van der Waals surface area contributed by atoms with Gasteiger partial charge < -0.3 is 0 Å². The van der Waals surface area contributed by atoms with Gasteiger partial charge in [0, 0.05) is 11.8 Å². The van der Waals surface area contributed by atoms with Gasteiger partial charge in [0.1, 0.15) is 15.5 Å². The highest BCUT2D eigenvalue weighted by Gasteiger charge is 2.99. The number of rotatable bonds is 0. The number of fused-ring (bicyclic) bond motifs is 2. The Hall–Kier alpha value is 1.41. The van der Waals surface area contributed by atoms with E-state index in [1.165, 1.54) is 0 Å². The Bertz CT molecular complexity index is 579. The number of carbonyl (C=O) groups is 1. The first-order valence-corrected chi connectivity index (χ1v) is 9.11. The van der Waals surface area contributed by atoms with Gasteiger partial charge in [0.15, 0.2) is 4.33 Å². The van der Waals surface area contributed by atoms with Gasteiger partial charge in [0.05, 0.1) is 10.3 Å². The lowest BCUT2D eigenvalue weighted by molar-refractivity contribution is -0.139. The Morgan fingerprint density at radius 3 is 2.25 bits per heavy atom. The molecule has 6 aliphatic carbocycles. The van der Waals surface area contributed by atoms with Crippen LogP contribution in [0.15, 0.2) is 0 Å². The molecule has 0 aromatic rings. The van der Waals surface area contributed by atoms with Crippen LogP contribution in [-0.2, 0) is 4.79 Å². The van der Waals surface area contributed by atoms with Gasteiger partial charge >= 0.3 is 0 Å². The summed E-state index contributed by atoms with van der Waals surface area (Å²) < 4.78 is -1.41. The van der Waals surface area contributed by atoms with Crippen LogP contribution in [0.1, 0.15) is 12.8 Å². The van der Waals surface area contributed by atoms with Crippen molar-refractivity contribution >= 4 is 75.4 Å². The van der Waals surface area contributed by atoms with E-state index in [4.69, 9.17) is 69.6 Å². The second-order valence-corrected chi connectivity index (χ2v) is 10.6. The zero-order chi connectivity index (χ0) is 14.5. The fourth-order valence-corrected chi connectivity index (χ4v) is 10.4. The van der Waals surface area contributed by atoms with Gasteiger partial charge in [-0.05, 0) is 30.6 Å². The van der Waals surface area contributed by atoms with Crippen molar-refractivity contribution in [2.45, 2.75) is 37.2 Å². The molecule has 20 heavy (non-hydrogen) atoms. The van der Waals surface area contributed by atoms with Gasteiger partial charge in [-0.3, -0.25) is 4.79 Å². The maximum atomic E-state index is 12.8. The van der Waals surface area contributed by atoms with Gasteiger partial charge in [-0.2, -0.15) is 0 Å². The molecule has 6 rings (SSSR count). The van der Waals surface area contributed by atoms with Gasteiger partial charge in [-0.25, -0.2) is 0 Å². The van der Waals surface area contributed by atoms with Gasteiger partial charge in [-0.15, -0.1) is 46.4 Å². The number of halogens is 6. The van der Waals surface area contributed by atoms with E-state index in [9.17, 15) is 4.79 Å². The van der Waals surface area contributed by atoms with Crippen molar-refractivity contribution in [1.29, 1.82) is 0 Å². The number of alkyl halides is 6. The van der Waals surface area contributed by atoms with E-state index >= 15 is 0 Å². The Balaban J connectivity index is 1.94. The monoisotopic (exact) mass is 392 g/mol. The zero-order valence-electron chi connectivity index (χ0n) is 10.1. The first-order valence-electron chi connectivity index (χ1n) is 6.79. The summed E-state index contributed by atoms with van der Waals surface area (Å²) in [7, 11) is 0. The molecule has 0 radical (unpaired) electrons. The summed E-state index contributed by atoms with van der Waals surface area (Å²) in [6.07, 6.45) is 1.76. The van der Waals surface area contributed by atoms with Crippen LogP contribution < -0.4 is 0 Å². The van der Waals surface area contributed by atoms with Crippen molar-refractivity contribution in [3.63, 3.8) is 0 Å². The summed E-state index contributed by atoms with van der Waals surface area (Å²) in [5.41, 5.74) is 0. The Morgan fingerprint density at radius 2 is 1.60 bits per heavy atom. The average Bonchev–Trinajstić information content (AvgIpc) is 2.68. The third kappa shape index (κ3) is 0.861. The first-order chi connectivity index (χ1) is 9.16. The minimum Gasteiger partial charge on any atom is -0.299 e. The molecule has 0 spiro atoms. The second-order valence-electron chi connectivity index (χ2n) is 6.96. The summed E-state index contributed by atoms with van der Waals surface area (Å²) in [6.45, 7) is 0. The highest BCUT2D eigenvalue weighted by Crippen LogP contribution is 2.89. The molecule has 0 amide bonds. The number of carbonyl (C=O) groups excluding carboxylic acids is 1. The van der Waals surface area contributed by atoms with Crippen molar-refractivity contribution in [3.8, 4) is 0 Å². The number of hydrogen-bond donors (Lipinski definition) is 0. The molecule has 0 heterocycles. The normalized spacial score (nSPS) is 71.2. The van der Waals surface area contributed by atoms with Crippen LogP contribution in [0.3, 0.4) is 0 Å². The molecular formula is C13H10Cl6O. The number of hydrogen-bond acceptors (Lipinski definition) is 1. The first kappa shape index (κ1) is 13.8. The average molecular weight is 395 g/mol. The third-order valence-electron chi connectivity index (χ3n) is 6.82. The standard InChI is InChI=1S/C13H10Cl6O/c14-9-10(15)7-3-1-2-4(8(7)20)5-6(3)12(10,17)13(18,19)11(5,9)16/h3-7,9H,1-2H2/t3-,4+,5+,6-,7?,9?,10?,11+,12-/m0/s1. The molecule has 6 aliphatic rings. The van der Waals surface area contributed by atoms with E-state index in [-0.39, 0.29) is 35.4 Å². The van der Waals surface area contributed by atoms with Gasteiger partial charge in [-0.1, -0.05) is 23.2 Å². The molecule has 6 fully saturated rings. The molecule has 0 N–H and O–H groups in total. The van der Waals surface area contributed by atoms with Crippen molar-refractivity contribution in [2.24, 2.45) is 29.6 Å². The fraction of sp³-hybridized carbons (Fsp3) is 0.923. The minimum absolute atomic E-state index is 0.00869. The summed E-state index contributed by atoms with van der Waals surface area (Å²) in [5, 5.41) is -0.700. The molecule has 1 nitrogen and oxygen atoms in total. The fourth-order valence-electron chi connectivity index (χ4n) is 6.39. The third-order valence-corrected chi connectivity index (χ3v) is 11.8. The van der Waals surface area contributed by atoms with Crippen LogP contribution in [0.5, 0.6) is 0 Å². The SMILES string of the molecule is O=C1C2[C@H]3CC[C@@H]1[C@@H]1[C@H]3[C@]3(Cl)C2(Cl)C(Cl)[C@@]1(Cl)C3(Cl)Cl. The summed E-state index contributed by atoms with van der Waals surface area (Å²) in [5.74, 6) is -0.369. The van der Waals surface area contributed by atoms with Crippen LogP contribution in [0.4, 0.5) is 0 Å². The molecule has 0 saturated heterocycles. The number of Topliss-reactive ketones (excluding diaryl/α,β-unsaturated/α-hetero) is 1. The molecule has 7 heteroatoms. The van der Waals surface area contributed by atoms with Crippen LogP contribution >= 0.6 is 69.6 Å². The van der Waals surface area contributed by atoms with E-state index in [0.29, 0.717) is 0 Å². The molecule has 110 valence electrons. The van der Waals surface area contributed by atoms with Crippen molar-refractivity contribution in [2.75, 3.05) is 0 Å². The Labute approximate surface area is 146 Å². The quantitative estimate of drug-likeness (QED) is 0.563. The van der Waals surface area contributed by atoms with Gasteiger partial charge in [0.2, 0.25) is 0 Å². The molecule has 3 unspecified atom stereocenters. The molecule has 9 atom stereocenters. The maximum Gasteiger partial charge on any atom is 0.160 e. The Kier molecular flexibility index (Phi) is 2.27. The molecule has 0 aromatic carbocycles. The zero-order valence-corrected chi connectivity index (χ0v) is 14.6. The number of ketones is 1. The summed E-state index contributed by atoms with van der Waals surface area (Å²) >= 11 is 40.7. The predicted molar refractivity (Wildman–Crippen MR) is 81.5 cm³/mol. The molecule has 0 aromatic heterocycles. The lowest BCUT2D eigenvalue weighted by Crippen LogP contribution is -2.54. The van der Waals surface area contributed by atoms with Crippen molar-refractivity contribution < 1.29 is 4.79 Å². The lowest BCUT2D eigenvalue weighted by atomic mass is 9.57. The molecule has 6 saturated carbocycles. The molecule has 6 bridgehead atoms. The highest BCUT2D eigenvalue weighted by molar-refractivity contribution is 6.64. The van der Waals surface area contributed by atoms with E-state index in [1.54, 1.807) is 0 Å². The Morgan fingerprint density at radius 1 is 0.950 bits per heavy atom. The predicted octanol–water partition coefficient (Wildman–Crippen LogP) is 4.20. The summed E-state index contributed by atoms with van der Waals surface area (Å²) in [4.78, 5) is 9.38. The van der Waals surface area contributed by atoms with Crippen LogP contribution in [0.2, 0.25) is 0 Å². The van der Waals surface area contributed by atoms with E-state index in [0.717, 1.165) is 12.8 Å². The van der Waals surface area contributed by atoms with Crippen molar-refractivity contribution in [1.82, 2.24) is 0 Å². The highest BCUT2D eigenvalue weighted by atomic mass is 35.5. The topological polar surface area (TPSA) is 17.1 Å². The second kappa shape index (κ2) is 3.28. The maximum absolute atomic E-state index is 12.8. The van der Waals surface area contributed by atoms with Crippen LogP contribution in [0, 0.1) is 29.6 Å². The van der Waals surface area contributed by atoms with Crippen LogP contribution in [0.25, 0.3) is 0 Å². The largest absolute Gasteiger partial charge is 0.299 e.